The molecule has 0 amide bonds. The minimum Gasteiger partial charge on any atom is -0.508 e. The third kappa shape index (κ3) is 2.42. The molecule has 0 unspecified atom stereocenters. The summed E-state index contributed by atoms with van der Waals surface area (Å²) in [5.74, 6) is 6.75. The zero-order valence-electron chi connectivity index (χ0n) is 11.8. The predicted molar refractivity (Wildman–Crippen MR) is 78.4 cm³/mol. The summed E-state index contributed by atoms with van der Waals surface area (Å²) >= 11 is 0. The molecule has 0 radical (unpaired) electrons. The summed E-state index contributed by atoms with van der Waals surface area (Å²) in [5, 5.41) is 23.9. The van der Waals surface area contributed by atoms with E-state index >= 15 is 0 Å². The molecule has 1 aromatic rings. The van der Waals surface area contributed by atoms with Crippen LogP contribution in [0.15, 0.2) is 18.2 Å². The Morgan fingerprint density at radius 1 is 1.35 bits per heavy atom. The summed E-state index contributed by atoms with van der Waals surface area (Å²) < 4.78 is 0. The molecular weight excluding hydrogens is 250 g/mol. The van der Waals surface area contributed by atoms with Crippen molar-refractivity contribution in [3.63, 3.8) is 0 Å². The fraction of sp³-hybridized carbons (Fsp3) is 0.529. The van der Waals surface area contributed by atoms with Crippen molar-refractivity contribution in [2.75, 3.05) is 6.54 Å². The van der Waals surface area contributed by atoms with Crippen molar-refractivity contribution < 1.29 is 10.2 Å². The average Bonchev–Trinajstić information content (AvgIpc) is 2.91. The van der Waals surface area contributed by atoms with Gasteiger partial charge in [0.1, 0.15) is 11.4 Å². The molecule has 3 heteroatoms. The average molecular weight is 271 g/mol. The summed E-state index contributed by atoms with van der Waals surface area (Å²) in [7, 11) is 0. The van der Waals surface area contributed by atoms with Crippen LogP contribution < -0.4 is 5.32 Å². The molecule has 3 N–H and O–H groups in total. The molecule has 106 valence electrons. The molecule has 1 aromatic carbocycles. The van der Waals surface area contributed by atoms with Gasteiger partial charge in [0.05, 0.1) is 0 Å². The van der Waals surface area contributed by atoms with Crippen LogP contribution in [0.25, 0.3) is 0 Å². The number of phenolic OH excluding ortho intramolecular Hbond substituents is 1. The Bertz CT molecular complexity index is 572. The number of aryl methyl sites for hydroxylation is 1. The highest BCUT2D eigenvalue weighted by atomic mass is 16.3. The van der Waals surface area contributed by atoms with Crippen molar-refractivity contribution in [2.45, 2.75) is 44.2 Å². The van der Waals surface area contributed by atoms with Gasteiger partial charge in [0.15, 0.2) is 0 Å². The Morgan fingerprint density at radius 3 is 3.00 bits per heavy atom. The lowest BCUT2D eigenvalue weighted by Gasteiger charge is -2.37. The van der Waals surface area contributed by atoms with Crippen molar-refractivity contribution in [3.05, 3.63) is 29.3 Å². The molecule has 3 nitrogen and oxygen atoms in total. The summed E-state index contributed by atoms with van der Waals surface area (Å²) in [4.78, 5) is 0. The van der Waals surface area contributed by atoms with Gasteiger partial charge in [-0.15, -0.1) is 0 Å². The topological polar surface area (TPSA) is 52.5 Å². The predicted octanol–water partition coefficient (Wildman–Crippen LogP) is 1.95. The minimum absolute atomic E-state index is 0.252. The number of benzene rings is 1. The third-order valence-corrected chi connectivity index (χ3v) is 4.65. The highest BCUT2D eigenvalue weighted by molar-refractivity contribution is 5.44. The molecular formula is C17H21NO2. The van der Waals surface area contributed by atoms with Gasteiger partial charge in [-0.05, 0) is 62.9 Å². The normalized spacial score (nSPS) is 32.3. The van der Waals surface area contributed by atoms with Crippen LogP contribution in [0, 0.1) is 24.7 Å². The van der Waals surface area contributed by atoms with E-state index in [9.17, 15) is 10.2 Å². The van der Waals surface area contributed by atoms with Crippen molar-refractivity contribution >= 4 is 0 Å². The Hall–Kier alpha value is -1.50. The maximum Gasteiger partial charge on any atom is 0.130 e. The summed E-state index contributed by atoms with van der Waals surface area (Å²) in [6.45, 7) is 2.84. The van der Waals surface area contributed by atoms with Crippen LogP contribution in [-0.2, 0) is 0 Å². The van der Waals surface area contributed by atoms with Gasteiger partial charge in [0, 0.05) is 17.5 Å². The molecule has 0 aromatic heterocycles. The van der Waals surface area contributed by atoms with E-state index in [1.807, 2.05) is 13.0 Å². The second-order valence-electron chi connectivity index (χ2n) is 6.02. The van der Waals surface area contributed by atoms with E-state index < -0.39 is 5.60 Å². The van der Waals surface area contributed by atoms with Crippen molar-refractivity contribution in [1.82, 2.24) is 5.32 Å². The standard InChI is InChI=1S/C17H21NO2/c1-12-11-13(4-5-16(12)19)6-9-17(20)8-2-3-15-14(17)7-10-18-15/h4-5,11,14-15,18-20H,2-3,7-8,10H2,1H3/t14-,15-,17-/m1/s1. The lowest BCUT2D eigenvalue weighted by Crippen LogP contribution is -2.47. The van der Waals surface area contributed by atoms with Gasteiger partial charge in [0.2, 0.25) is 0 Å². The zero-order chi connectivity index (χ0) is 14.2. The number of phenols is 1. The molecule has 3 atom stereocenters. The van der Waals surface area contributed by atoms with E-state index in [0.717, 1.165) is 43.4 Å². The van der Waals surface area contributed by atoms with Crippen LogP contribution in [-0.4, -0.2) is 28.4 Å². The molecule has 1 aliphatic heterocycles. The molecule has 1 saturated carbocycles. The SMILES string of the molecule is Cc1cc(C#C[C@]2(O)CCC[C@H]3NCC[C@H]32)ccc1O. The fourth-order valence-electron chi connectivity index (χ4n) is 3.49. The maximum atomic E-state index is 10.9. The van der Waals surface area contributed by atoms with Crippen molar-refractivity contribution in [1.29, 1.82) is 0 Å². The van der Waals surface area contributed by atoms with E-state index in [1.165, 1.54) is 0 Å². The van der Waals surface area contributed by atoms with Gasteiger partial charge in [0.25, 0.3) is 0 Å². The zero-order valence-corrected chi connectivity index (χ0v) is 11.8. The van der Waals surface area contributed by atoms with Gasteiger partial charge in [-0.25, -0.2) is 0 Å². The van der Waals surface area contributed by atoms with Gasteiger partial charge in [-0.2, -0.15) is 0 Å². The Morgan fingerprint density at radius 2 is 2.20 bits per heavy atom. The van der Waals surface area contributed by atoms with Crippen LogP contribution in [0.5, 0.6) is 5.75 Å². The van der Waals surface area contributed by atoms with Crippen molar-refractivity contribution in [2.24, 2.45) is 5.92 Å². The first-order valence-corrected chi connectivity index (χ1v) is 7.37. The molecule has 3 rings (SSSR count). The molecule has 1 aliphatic carbocycles. The number of hydrogen-bond acceptors (Lipinski definition) is 3. The number of hydrogen-bond donors (Lipinski definition) is 3. The highest BCUT2D eigenvalue weighted by Gasteiger charge is 2.45. The second kappa shape index (κ2) is 5.12. The van der Waals surface area contributed by atoms with Crippen LogP contribution in [0.1, 0.15) is 36.8 Å². The summed E-state index contributed by atoms with van der Waals surface area (Å²) in [5.41, 5.74) is 0.799. The second-order valence-corrected chi connectivity index (χ2v) is 6.02. The minimum atomic E-state index is -0.863. The monoisotopic (exact) mass is 271 g/mol. The van der Waals surface area contributed by atoms with Crippen LogP contribution in [0.4, 0.5) is 0 Å². The van der Waals surface area contributed by atoms with Gasteiger partial charge < -0.3 is 15.5 Å². The lowest BCUT2D eigenvalue weighted by atomic mass is 9.73. The van der Waals surface area contributed by atoms with Gasteiger partial charge in [-0.3, -0.25) is 0 Å². The molecule has 0 spiro atoms. The first-order chi connectivity index (χ1) is 9.58. The largest absolute Gasteiger partial charge is 0.508 e. The lowest BCUT2D eigenvalue weighted by molar-refractivity contribution is 0.000968. The number of nitrogens with one attached hydrogen (secondary N) is 1. The van der Waals surface area contributed by atoms with Gasteiger partial charge in [-0.1, -0.05) is 11.8 Å². The van der Waals surface area contributed by atoms with E-state index in [0.29, 0.717) is 6.04 Å². The number of fused-ring (bicyclic) bond motifs is 1. The van der Waals surface area contributed by atoms with E-state index in [2.05, 4.69) is 17.2 Å². The Kier molecular flexibility index (Phi) is 3.45. The van der Waals surface area contributed by atoms with Crippen LogP contribution >= 0.6 is 0 Å². The summed E-state index contributed by atoms with van der Waals surface area (Å²) in [6, 6.07) is 5.74. The Balaban J connectivity index is 1.85. The summed E-state index contributed by atoms with van der Waals surface area (Å²) in [6.07, 6.45) is 3.94. The fourth-order valence-corrected chi connectivity index (χ4v) is 3.49. The molecule has 2 aliphatic rings. The molecule has 1 saturated heterocycles. The maximum absolute atomic E-state index is 10.9. The number of rotatable bonds is 0. The Labute approximate surface area is 120 Å². The molecule has 0 bridgehead atoms. The molecule has 20 heavy (non-hydrogen) atoms. The first kappa shape index (κ1) is 13.5. The molecule has 1 heterocycles. The van der Waals surface area contributed by atoms with Crippen LogP contribution in [0.3, 0.4) is 0 Å². The number of aromatic hydroxyl groups is 1. The molecule has 2 fully saturated rings. The quantitative estimate of drug-likeness (QED) is 0.632. The van der Waals surface area contributed by atoms with Crippen molar-refractivity contribution in [3.8, 4) is 17.6 Å². The third-order valence-electron chi connectivity index (χ3n) is 4.65. The smallest absolute Gasteiger partial charge is 0.130 e. The van der Waals surface area contributed by atoms with Crippen LogP contribution in [0.2, 0.25) is 0 Å². The number of aliphatic hydroxyl groups is 1. The van der Waals surface area contributed by atoms with E-state index in [-0.39, 0.29) is 11.7 Å². The van der Waals surface area contributed by atoms with Gasteiger partial charge >= 0.3 is 0 Å². The van der Waals surface area contributed by atoms with E-state index in [4.69, 9.17) is 0 Å². The van der Waals surface area contributed by atoms with E-state index in [1.54, 1.807) is 12.1 Å². The highest BCUT2D eigenvalue weighted by Crippen LogP contribution is 2.38. The first-order valence-electron chi connectivity index (χ1n) is 7.37.